The largest absolute Gasteiger partial charge is 0.465 e. The van der Waals surface area contributed by atoms with Gasteiger partial charge in [-0.1, -0.05) is 0 Å². The highest BCUT2D eigenvalue weighted by atomic mass is 32.2. The number of ether oxygens (including phenoxy) is 1. The molecule has 1 N–H and O–H groups in total. The molecule has 0 spiro atoms. The summed E-state index contributed by atoms with van der Waals surface area (Å²) in [5.41, 5.74) is 0. The van der Waals surface area contributed by atoms with Crippen molar-refractivity contribution >= 4 is 16.0 Å². The smallest absolute Gasteiger partial charge is 0.321 e. The minimum Gasteiger partial charge on any atom is -0.465 e. The van der Waals surface area contributed by atoms with Crippen LogP contribution in [0, 0.1) is 0 Å². The van der Waals surface area contributed by atoms with Gasteiger partial charge in [0.1, 0.15) is 6.54 Å². The average molecular weight is 247 g/mol. The van der Waals surface area contributed by atoms with Crippen molar-refractivity contribution in [3.8, 4) is 0 Å². The molecule has 0 saturated heterocycles. The normalized spacial score (nSPS) is 11.4. The van der Waals surface area contributed by atoms with Gasteiger partial charge in [-0.25, -0.2) is 8.42 Å². The topological polar surface area (TPSA) is 90.3 Å². The molecule has 0 radical (unpaired) electrons. The minimum atomic E-state index is -3.71. The predicted octanol–water partition coefficient (Wildman–Crippen LogP) is -0.738. The van der Waals surface area contributed by atoms with Crippen LogP contribution >= 0.6 is 0 Å². The standard InChI is InChI=1S/C8H13N3O4S/c1-3-15-8(12)6-10-16(13,14)7-4-5-9-11(7)2/h4-5,10H,3,6H2,1-2H3. The van der Waals surface area contributed by atoms with Crippen LogP contribution in [0.1, 0.15) is 6.92 Å². The second kappa shape index (κ2) is 5.08. The maximum absolute atomic E-state index is 11.6. The number of nitrogens with zero attached hydrogens (tertiary/aromatic N) is 2. The van der Waals surface area contributed by atoms with Crippen molar-refractivity contribution in [2.45, 2.75) is 11.9 Å². The summed E-state index contributed by atoms with van der Waals surface area (Å²) in [6.45, 7) is 1.47. The van der Waals surface area contributed by atoms with Gasteiger partial charge in [0.25, 0.3) is 10.0 Å². The first-order valence-corrected chi connectivity index (χ1v) is 6.09. The summed E-state index contributed by atoms with van der Waals surface area (Å²) in [6.07, 6.45) is 1.36. The van der Waals surface area contributed by atoms with Crippen LogP contribution in [0.15, 0.2) is 17.3 Å². The summed E-state index contributed by atoms with van der Waals surface area (Å²) in [5.74, 6) is -0.617. The van der Waals surface area contributed by atoms with Gasteiger partial charge < -0.3 is 4.74 Å². The van der Waals surface area contributed by atoms with Crippen LogP contribution in [0.4, 0.5) is 0 Å². The minimum absolute atomic E-state index is 0.00296. The average Bonchev–Trinajstić information content (AvgIpc) is 2.63. The summed E-state index contributed by atoms with van der Waals surface area (Å²) in [7, 11) is -2.21. The molecule has 1 rings (SSSR count). The highest BCUT2D eigenvalue weighted by Crippen LogP contribution is 2.04. The number of hydrogen-bond donors (Lipinski definition) is 1. The molecular formula is C8H13N3O4S. The number of aromatic nitrogens is 2. The van der Waals surface area contributed by atoms with Crippen LogP contribution in [0.2, 0.25) is 0 Å². The van der Waals surface area contributed by atoms with Gasteiger partial charge in [0.2, 0.25) is 0 Å². The fraction of sp³-hybridized carbons (Fsp3) is 0.500. The zero-order valence-electron chi connectivity index (χ0n) is 9.00. The first-order chi connectivity index (χ1) is 7.47. The Morgan fingerprint density at radius 1 is 1.62 bits per heavy atom. The SMILES string of the molecule is CCOC(=O)CNS(=O)(=O)c1ccnn1C. The van der Waals surface area contributed by atoms with Gasteiger partial charge in [0.05, 0.1) is 12.8 Å². The van der Waals surface area contributed by atoms with Crippen molar-refractivity contribution < 1.29 is 17.9 Å². The van der Waals surface area contributed by atoms with E-state index < -0.39 is 16.0 Å². The van der Waals surface area contributed by atoms with Crippen molar-refractivity contribution in [3.63, 3.8) is 0 Å². The highest BCUT2D eigenvalue weighted by molar-refractivity contribution is 7.89. The van der Waals surface area contributed by atoms with Gasteiger partial charge in [-0.2, -0.15) is 9.82 Å². The van der Waals surface area contributed by atoms with Gasteiger partial charge in [-0.3, -0.25) is 9.48 Å². The molecule has 0 aromatic carbocycles. The quantitative estimate of drug-likeness (QED) is 0.692. The molecule has 8 heteroatoms. The molecule has 1 heterocycles. The van der Waals surface area contributed by atoms with E-state index >= 15 is 0 Å². The van der Waals surface area contributed by atoms with Crippen molar-refractivity contribution in [3.05, 3.63) is 12.3 Å². The zero-order valence-corrected chi connectivity index (χ0v) is 9.82. The Bertz CT molecular complexity index is 465. The molecule has 0 atom stereocenters. The molecule has 0 aliphatic rings. The molecule has 0 bridgehead atoms. The van der Waals surface area contributed by atoms with Gasteiger partial charge in [-0.15, -0.1) is 0 Å². The maximum Gasteiger partial charge on any atom is 0.321 e. The summed E-state index contributed by atoms with van der Waals surface area (Å²) in [4.78, 5) is 11.0. The number of sulfonamides is 1. The van der Waals surface area contributed by atoms with Crippen LogP contribution in [0.5, 0.6) is 0 Å². The van der Waals surface area contributed by atoms with Gasteiger partial charge in [0.15, 0.2) is 5.03 Å². The van der Waals surface area contributed by atoms with Gasteiger partial charge in [0, 0.05) is 7.05 Å². The van der Waals surface area contributed by atoms with E-state index in [0.717, 1.165) is 0 Å². The Morgan fingerprint density at radius 2 is 2.31 bits per heavy atom. The molecule has 0 aliphatic heterocycles. The Labute approximate surface area is 93.4 Å². The summed E-state index contributed by atoms with van der Waals surface area (Å²) in [5, 5.41) is 3.72. The van der Waals surface area contributed by atoms with Crippen molar-refractivity contribution in [2.24, 2.45) is 7.05 Å². The number of aryl methyl sites for hydroxylation is 1. The lowest BCUT2D eigenvalue weighted by Crippen LogP contribution is -2.31. The third-order valence-corrected chi connectivity index (χ3v) is 3.24. The molecule has 7 nitrogen and oxygen atoms in total. The fourth-order valence-electron chi connectivity index (χ4n) is 1.07. The Hall–Kier alpha value is -1.41. The molecule has 90 valence electrons. The lowest BCUT2D eigenvalue weighted by molar-refractivity contribution is -0.141. The number of carbonyl (C=O) groups is 1. The fourth-order valence-corrected chi connectivity index (χ4v) is 2.16. The zero-order chi connectivity index (χ0) is 12.2. The monoisotopic (exact) mass is 247 g/mol. The maximum atomic E-state index is 11.6. The molecule has 1 aromatic rings. The van der Waals surface area contributed by atoms with Crippen molar-refractivity contribution in [1.82, 2.24) is 14.5 Å². The molecule has 1 aromatic heterocycles. The Balaban J connectivity index is 2.67. The van der Waals surface area contributed by atoms with Crippen molar-refractivity contribution in [1.29, 1.82) is 0 Å². The second-order valence-corrected chi connectivity index (χ2v) is 4.64. The molecule has 0 unspecified atom stereocenters. The van der Waals surface area contributed by atoms with E-state index in [0.29, 0.717) is 0 Å². The summed E-state index contributed by atoms with van der Waals surface area (Å²) >= 11 is 0. The molecule has 0 fully saturated rings. The number of rotatable bonds is 5. The predicted molar refractivity (Wildman–Crippen MR) is 55.0 cm³/mol. The lowest BCUT2D eigenvalue weighted by Gasteiger charge is -2.06. The van der Waals surface area contributed by atoms with E-state index in [9.17, 15) is 13.2 Å². The Morgan fingerprint density at radius 3 is 2.81 bits per heavy atom. The van der Waals surface area contributed by atoms with E-state index in [2.05, 4.69) is 14.6 Å². The summed E-state index contributed by atoms with van der Waals surface area (Å²) < 4.78 is 31.2. The number of carbonyl (C=O) groups excluding carboxylic acids is 1. The number of nitrogens with one attached hydrogen (secondary N) is 1. The van der Waals surface area contributed by atoms with E-state index in [1.807, 2.05) is 0 Å². The van der Waals surface area contributed by atoms with Crippen LogP contribution in [0.25, 0.3) is 0 Å². The third kappa shape index (κ3) is 3.04. The number of esters is 1. The molecule has 0 amide bonds. The molecule has 16 heavy (non-hydrogen) atoms. The first kappa shape index (κ1) is 12.7. The molecule has 0 aliphatic carbocycles. The molecular weight excluding hydrogens is 234 g/mol. The van der Waals surface area contributed by atoms with Gasteiger partial charge >= 0.3 is 5.97 Å². The van der Waals surface area contributed by atoms with Crippen LogP contribution in [-0.4, -0.2) is 37.3 Å². The van der Waals surface area contributed by atoms with Crippen LogP contribution < -0.4 is 4.72 Å². The third-order valence-electron chi connectivity index (χ3n) is 1.76. The Kier molecular flexibility index (Phi) is 4.02. The first-order valence-electron chi connectivity index (χ1n) is 4.60. The van der Waals surface area contributed by atoms with E-state index in [4.69, 9.17) is 0 Å². The van der Waals surface area contributed by atoms with E-state index in [1.165, 1.54) is 24.0 Å². The van der Waals surface area contributed by atoms with Crippen LogP contribution in [0.3, 0.4) is 0 Å². The second-order valence-electron chi connectivity index (χ2n) is 2.92. The molecule has 0 saturated carbocycles. The lowest BCUT2D eigenvalue weighted by atomic mass is 10.7. The number of hydrogen-bond acceptors (Lipinski definition) is 5. The van der Waals surface area contributed by atoms with E-state index in [1.54, 1.807) is 6.92 Å². The van der Waals surface area contributed by atoms with E-state index in [-0.39, 0.29) is 18.2 Å². The van der Waals surface area contributed by atoms with Crippen molar-refractivity contribution in [2.75, 3.05) is 13.2 Å². The van der Waals surface area contributed by atoms with Gasteiger partial charge in [-0.05, 0) is 13.0 Å². The highest BCUT2D eigenvalue weighted by Gasteiger charge is 2.18. The summed E-state index contributed by atoms with van der Waals surface area (Å²) in [6, 6.07) is 1.34. The van der Waals surface area contributed by atoms with Crippen LogP contribution in [-0.2, 0) is 26.6 Å².